The molecule has 1 rings (SSSR count). The quantitative estimate of drug-likeness (QED) is 0.801. The van der Waals surface area contributed by atoms with Crippen LogP contribution in [0.15, 0.2) is 29.5 Å². The van der Waals surface area contributed by atoms with E-state index in [0.717, 1.165) is 4.57 Å². The van der Waals surface area contributed by atoms with Crippen molar-refractivity contribution in [3.8, 4) is 0 Å². The van der Waals surface area contributed by atoms with Crippen LogP contribution in [-0.2, 0) is 11.3 Å². The molecule has 0 atom stereocenters. The summed E-state index contributed by atoms with van der Waals surface area (Å²) in [6.45, 7) is -1.26. The van der Waals surface area contributed by atoms with Crippen LogP contribution < -0.4 is 5.32 Å². The fourth-order valence-corrected chi connectivity index (χ4v) is 0.974. The van der Waals surface area contributed by atoms with Crippen molar-refractivity contribution in [2.24, 2.45) is 5.18 Å². The second-order valence-corrected chi connectivity index (χ2v) is 2.89. The Kier molecular flexibility index (Phi) is 4.37. The van der Waals surface area contributed by atoms with Gasteiger partial charge in [-0.2, -0.15) is 8.78 Å². The molecule has 0 spiro atoms. The van der Waals surface area contributed by atoms with Crippen LogP contribution in [0.2, 0.25) is 0 Å². The van der Waals surface area contributed by atoms with Crippen molar-refractivity contribution in [1.29, 1.82) is 0 Å². The second kappa shape index (κ2) is 5.77. The summed E-state index contributed by atoms with van der Waals surface area (Å²) in [7, 11) is 0. The van der Waals surface area contributed by atoms with E-state index in [0.29, 0.717) is 0 Å². The summed E-state index contributed by atoms with van der Waals surface area (Å²) in [6.07, 6.45) is 0.0624. The van der Waals surface area contributed by atoms with E-state index in [2.05, 4.69) is 10.2 Å². The lowest BCUT2D eigenvalue weighted by atomic mass is 10.5. The van der Waals surface area contributed by atoms with Crippen LogP contribution in [0.5, 0.6) is 0 Å². The van der Waals surface area contributed by atoms with Gasteiger partial charge in [-0.3, -0.25) is 4.79 Å². The van der Waals surface area contributed by atoms with Crippen molar-refractivity contribution in [1.82, 2.24) is 14.9 Å². The molecule has 17 heavy (non-hydrogen) atoms. The summed E-state index contributed by atoms with van der Waals surface area (Å²) in [4.78, 5) is 24.9. The minimum atomic E-state index is -2.48. The lowest BCUT2D eigenvalue weighted by Crippen LogP contribution is -2.28. The van der Waals surface area contributed by atoms with Gasteiger partial charge in [-0.15, -0.1) is 4.91 Å². The van der Waals surface area contributed by atoms with Gasteiger partial charge in [0.25, 0.3) is 5.95 Å². The van der Waals surface area contributed by atoms with Crippen LogP contribution in [0.25, 0.3) is 0 Å². The Morgan fingerprint density at radius 3 is 2.76 bits per heavy atom. The zero-order valence-corrected chi connectivity index (χ0v) is 8.36. The van der Waals surface area contributed by atoms with E-state index in [9.17, 15) is 22.9 Å². The maximum atomic E-state index is 12.3. The molecule has 1 N–H and O–H groups in total. The highest BCUT2D eigenvalue weighted by Gasteiger charge is 2.10. The number of rotatable bonds is 5. The number of halogens is 3. The first-order chi connectivity index (χ1) is 8.04. The van der Waals surface area contributed by atoms with Crippen LogP contribution >= 0.6 is 0 Å². The highest BCUT2D eigenvalue weighted by atomic mass is 19.3. The highest BCUT2D eigenvalue weighted by molar-refractivity contribution is 5.76. The average Bonchev–Trinajstić information content (AvgIpc) is 2.72. The Morgan fingerprint density at radius 1 is 1.47 bits per heavy atom. The first-order valence-corrected chi connectivity index (χ1v) is 4.35. The van der Waals surface area contributed by atoms with E-state index in [1.54, 1.807) is 0 Å². The Labute approximate surface area is 93.1 Å². The molecular formula is C8H7F3N4O2. The number of aromatic nitrogens is 2. The van der Waals surface area contributed by atoms with Crippen LogP contribution in [0.1, 0.15) is 0 Å². The SMILES string of the molecule is O=Nc1nccn1CC(=O)NCC(F)=C(F)F. The zero-order valence-electron chi connectivity index (χ0n) is 8.36. The molecule has 0 saturated heterocycles. The van der Waals surface area contributed by atoms with Crippen molar-refractivity contribution < 1.29 is 18.0 Å². The largest absolute Gasteiger partial charge is 0.348 e. The Hall–Kier alpha value is -2.19. The van der Waals surface area contributed by atoms with Gasteiger partial charge >= 0.3 is 6.08 Å². The molecule has 0 radical (unpaired) electrons. The van der Waals surface area contributed by atoms with E-state index in [1.807, 2.05) is 5.32 Å². The van der Waals surface area contributed by atoms with E-state index in [1.165, 1.54) is 12.4 Å². The minimum absolute atomic E-state index is 0.229. The van der Waals surface area contributed by atoms with Gasteiger partial charge in [0, 0.05) is 17.6 Å². The lowest BCUT2D eigenvalue weighted by Gasteiger charge is -2.04. The van der Waals surface area contributed by atoms with Crippen molar-refractivity contribution in [2.75, 3.05) is 6.54 Å². The standard InChI is InChI=1S/C8H7F3N4O2/c9-5(7(10)11)3-13-6(16)4-15-2-1-12-8(15)14-17/h1-2H,3-4H2,(H,13,16). The van der Waals surface area contributed by atoms with Crippen LogP contribution in [0.4, 0.5) is 19.1 Å². The zero-order chi connectivity index (χ0) is 12.8. The molecule has 6 nitrogen and oxygen atoms in total. The van der Waals surface area contributed by atoms with E-state index >= 15 is 0 Å². The molecule has 0 aromatic carbocycles. The van der Waals surface area contributed by atoms with E-state index < -0.39 is 24.4 Å². The summed E-state index contributed by atoms with van der Waals surface area (Å²) >= 11 is 0. The molecule has 1 amide bonds. The molecular weight excluding hydrogens is 241 g/mol. The number of amides is 1. The number of carbonyl (C=O) groups excluding carboxylic acids is 1. The van der Waals surface area contributed by atoms with Crippen molar-refractivity contribution in [2.45, 2.75) is 6.54 Å². The molecule has 1 heterocycles. The molecule has 0 aliphatic heterocycles. The number of nitrogens with zero attached hydrogens (tertiary/aromatic N) is 3. The van der Waals surface area contributed by atoms with Gasteiger partial charge in [0.05, 0.1) is 6.54 Å². The fraction of sp³-hybridized carbons (Fsp3) is 0.250. The highest BCUT2D eigenvalue weighted by Crippen LogP contribution is 2.08. The first-order valence-electron chi connectivity index (χ1n) is 4.35. The van der Waals surface area contributed by atoms with Crippen LogP contribution in [0.3, 0.4) is 0 Å². The molecule has 0 unspecified atom stereocenters. The predicted molar refractivity (Wildman–Crippen MR) is 51.0 cm³/mol. The molecule has 0 aliphatic carbocycles. The van der Waals surface area contributed by atoms with Gasteiger partial charge in [0.15, 0.2) is 5.83 Å². The summed E-state index contributed by atoms with van der Waals surface area (Å²) in [5, 5.41) is 4.43. The van der Waals surface area contributed by atoms with Gasteiger partial charge in [-0.05, 0) is 0 Å². The Morgan fingerprint density at radius 2 is 2.18 bits per heavy atom. The number of hydrogen-bond donors (Lipinski definition) is 1. The van der Waals surface area contributed by atoms with Crippen molar-refractivity contribution in [3.05, 3.63) is 29.2 Å². The molecule has 0 bridgehead atoms. The van der Waals surface area contributed by atoms with E-state index in [-0.39, 0.29) is 12.5 Å². The monoisotopic (exact) mass is 248 g/mol. The molecule has 9 heteroatoms. The van der Waals surface area contributed by atoms with Crippen LogP contribution in [-0.4, -0.2) is 22.0 Å². The molecule has 0 saturated carbocycles. The maximum absolute atomic E-state index is 12.3. The van der Waals surface area contributed by atoms with E-state index in [4.69, 9.17) is 0 Å². The summed E-state index contributed by atoms with van der Waals surface area (Å²) in [5.41, 5.74) is 0. The van der Waals surface area contributed by atoms with Gasteiger partial charge in [0.1, 0.15) is 6.54 Å². The van der Waals surface area contributed by atoms with Crippen molar-refractivity contribution in [3.63, 3.8) is 0 Å². The topological polar surface area (TPSA) is 76.3 Å². The molecule has 1 aromatic rings. The normalized spacial score (nSPS) is 9.82. The number of nitrogens with one attached hydrogen (secondary N) is 1. The first kappa shape index (κ1) is 12.9. The molecule has 1 aromatic heterocycles. The van der Waals surface area contributed by atoms with Crippen LogP contribution in [0, 0.1) is 4.91 Å². The number of hydrogen-bond acceptors (Lipinski definition) is 4. The predicted octanol–water partition coefficient (Wildman–Crippen LogP) is 1.47. The third-order valence-corrected chi connectivity index (χ3v) is 1.73. The van der Waals surface area contributed by atoms with Gasteiger partial charge in [-0.1, -0.05) is 0 Å². The summed E-state index contributed by atoms with van der Waals surface area (Å²) < 4.78 is 36.7. The fourth-order valence-electron chi connectivity index (χ4n) is 0.974. The molecule has 92 valence electrons. The average molecular weight is 248 g/mol. The van der Waals surface area contributed by atoms with Gasteiger partial charge < -0.3 is 9.88 Å². The molecule has 0 fully saturated rings. The summed E-state index contributed by atoms with van der Waals surface area (Å²) in [6, 6.07) is 0. The summed E-state index contributed by atoms with van der Waals surface area (Å²) in [5.74, 6) is -2.69. The number of imidazole rings is 1. The smallest absolute Gasteiger partial charge is 0.303 e. The lowest BCUT2D eigenvalue weighted by molar-refractivity contribution is -0.121. The van der Waals surface area contributed by atoms with Gasteiger partial charge in [-0.25, -0.2) is 9.37 Å². The Bertz CT molecular complexity index is 453. The Balaban J connectivity index is 2.51. The minimum Gasteiger partial charge on any atom is -0.348 e. The molecule has 0 aliphatic rings. The number of carbonyl (C=O) groups is 1. The third kappa shape index (κ3) is 3.70. The second-order valence-electron chi connectivity index (χ2n) is 2.89. The van der Waals surface area contributed by atoms with Crippen molar-refractivity contribution >= 4 is 11.9 Å². The maximum Gasteiger partial charge on any atom is 0.303 e. The van der Waals surface area contributed by atoms with Gasteiger partial charge in [0.2, 0.25) is 5.91 Å². The third-order valence-electron chi connectivity index (χ3n) is 1.73. The number of nitroso groups, excluding NO2 is 1.